The quantitative estimate of drug-likeness (QED) is 0.799. The Labute approximate surface area is 162 Å². The number of rotatable bonds is 4. The zero-order valence-corrected chi connectivity index (χ0v) is 16.2. The smallest absolute Gasteiger partial charge is 0.307 e. The third-order valence-electron chi connectivity index (χ3n) is 5.19. The molecule has 0 spiro atoms. The Hall–Kier alpha value is -2.65. The lowest BCUT2D eigenvalue weighted by atomic mass is 9.79. The lowest BCUT2D eigenvalue weighted by molar-refractivity contribution is -0.147. The van der Waals surface area contributed by atoms with E-state index in [0.29, 0.717) is 23.4 Å². The molecule has 1 saturated carbocycles. The van der Waals surface area contributed by atoms with Gasteiger partial charge in [0.15, 0.2) is 0 Å². The summed E-state index contributed by atoms with van der Waals surface area (Å²) in [5, 5.41) is 22.5. The molecule has 1 aromatic heterocycles. The van der Waals surface area contributed by atoms with Crippen molar-refractivity contribution in [2.45, 2.75) is 39.5 Å². The normalized spacial score (nSPS) is 19.3. The zero-order chi connectivity index (χ0) is 19.6. The highest BCUT2D eigenvalue weighted by atomic mass is 32.1. The molecular weight excluding hydrogens is 360 g/mol. The van der Waals surface area contributed by atoms with Gasteiger partial charge in [0.05, 0.1) is 17.4 Å². The highest BCUT2D eigenvalue weighted by molar-refractivity contribution is 7.17. The molecule has 1 aliphatic rings. The minimum atomic E-state index is -0.918. The van der Waals surface area contributed by atoms with Gasteiger partial charge in [-0.3, -0.25) is 9.59 Å². The van der Waals surface area contributed by atoms with Crippen molar-refractivity contribution in [3.63, 3.8) is 0 Å². The van der Waals surface area contributed by atoms with Crippen molar-refractivity contribution in [2.24, 2.45) is 11.8 Å². The fourth-order valence-corrected chi connectivity index (χ4v) is 4.78. The van der Waals surface area contributed by atoms with Crippen LogP contribution in [0.4, 0.5) is 5.00 Å². The topological polar surface area (TPSA) is 90.2 Å². The lowest BCUT2D eigenvalue weighted by Gasteiger charge is -2.27. The first-order chi connectivity index (χ1) is 12.9. The summed E-state index contributed by atoms with van der Waals surface area (Å²) in [4.78, 5) is 25.2. The molecule has 1 aliphatic carbocycles. The van der Waals surface area contributed by atoms with Crippen molar-refractivity contribution >= 4 is 28.2 Å². The van der Waals surface area contributed by atoms with Crippen molar-refractivity contribution in [3.8, 4) is 17.2 Å². The third-order valence-corrected chi connectivity index (χ3v) is 6.21. The van der Waals surface area contributed by atoms with Crippen LogP contribution in [-0.2, 0) is 9.59 Å². The first kappa shape index (κ1) is 19.1. The maximum Gasteiger partial charge on any atom is 0.307 e. The Morgan fingerprint density at radius 2 is 1.78 bits per heavy atom. The van der Waals surface area contributed by atoms with Gasteiger partial charge in [0, 0.05) is 10.4 Å². The lowest BCUT2D eigenvalue weighted by Crippen LogP contribution is -2.36. The van der Waals surface area contributed by atoms with E-state index in [1.54, 1.807) is 0 Å². The third kappa shape index (κ3) is 3.88. The van der Waals surface area contributed by atoms with Crippen LogP contribution in [0.15, 0.2) is 24.3 Å². The van der Waals surface area contributed by atoms with Crippen LogP contribution < -0.4 is 5.32 Å². The number of carboxylic acid groups (broad SMARTS) is 1. The molecule has 2 atom stereocenters. The summed E-state index contributed by atoms with van der Waals surface area (Å²) in [6, 6.07) is 10.1. The van der Waals surface area contributed by atoms with Crippen LogP contribution in [0.2, 0.25) is 0 Å². The number of thiophene rings is 1. The van der Waals surface area contributed by atoms with Gasteiger partial charge in [-0.1, -0.05) is 42.7 Å². The molecular formula is C21H22N2O3S. The number of hydrogen-bond acceptors (Lipinski definition) is 4. The fourth-order valence-electron chi connectivity index (χ4n) is 3.75. The van der Waals surface area contributed by atoms with Crippen LogP contribution in [-0.4, -0.2) is 17.0 Å². The molecule has 27 heavy (non-hydrogen) atoms. The van der Waals surface area contributed by atoms with Gasteiger partial charge in [0.2, 0.25) is 5.91 Å². The summed E-state index contributed by atoms with van der Waals surface area (Å²) in [7, 11) is 0. The maximum absolute atomic E-state index is 12.8. The Morgan fingerprint density at radius 3 is 2.37 bits per heavy atom. The van der Waals surface area contributed by atoms with Crippen molar-refractivity contribution in [3.05, 3.63) is 40.3 Å². The van der Waals surface area contributed by atoms with Crippen molar-refractivity contribution in [1.29, 1.82) is 5.26 Å². The number of carboxylic acids is 1. The molecule has 2 N–H and O–H groups in total. The predicted molar refractivity (Wildman–Crippen MR) is 106 cm³/mol. The number of amides is 1. The molecule has 1 fully saturated rings. The van der Waals surface area contributed by atoms with E-state index >= 15 is 0 Å². The monoisotopic (exact) mass is 382 g/mol. The predicted octanol–water partition coefficient (Wildman–Crippen LogP) is 4.73. The summed E-state index contributed by atoms with van der Waals surface area (Å²) >= 11 is 1.36. The summed E-state index contributed by atoms with van der Waals surface area (Å²) < 4.78 is 0. The highest BCUT2D eigenvalue weighted by Crippen LogP contribution is 2.40. The molecule has 2 unspecified atom stereocenters. The molecule has 5 nitrogen and oxygen atoms in total. The second-order valence-corrected chi connectivity index (χ2v) is 8.26. The first-order valence-corrected chi connectivity index (χ1v) is 9.88. The van der Waals surface area contributed by atoms with Crippen LogP contribution in [0.25, 0.3) is 11.1 Å². The summed E-state index contributed by atoms with van der Waals surface area (Å²) in [5.74, 6) is -2.41. The van der Waals surface area contributed by atoms with Crippen molar-refractivity contribution in [1.82, 2.24) is 0 Å². The Kier molecular flexibility index (Phi) is 5.62. The van der Waals surface area contributed by atoms with Crippen LogP contribution in [0.1, 0.15) is 41.7 Å². The maximum atomic E-state index is 12.8. The number of aryl methyl sites for hydroxylation is 2. The van der Waals surface area contributed by atoms with Gasteiger partial charge < -0.3 is 10.4 Å². The summed E-state index contributed by atoms with van der Waals surface area (Å²) in [6.45, 7) is 3.93. The number of nitriles is 1. The van der Waals surface area contributed by atoms with Gasteiger partial charge in [-0.15, -0.1) is 11.3 Å². The van der Waals surface area contributed by atoms with Crippen LogP contribution in [0.3, 0.4) is 0 Å². The van der Waals surface area contributed by atoms with Gasteiger partial charge in [-0.05, 0) is 32.3 Å². The van der Waals surface area contributed by atoms with Gasteiger partial charge >= 0.3 is 5.97 Å². The zero-order valence-electron chi connectivity index (χ0n) is 15.4. The molecule has 2 aromatic rings. The van der Waals surface area contributed by atoms with Gasteiger partial charge in [0.1, 0.15) is 11.1 Å². The number of anilines is 1. The molecule has 1 amide bonds. The van der Waals surface area contributed by atoms with E-state index in [-0.39, 0.29) is 5.91 Å². The second-order valence-electron chi connectivity index (χ2n) is 7.04. The first-order valence-electron chi connectivity index (χ1n) is 9.06. The minimum absolute atomic E-state index is 0.296. The number of aliphatic carboxylic acids is 1. The largest absolute Gasteiger partial charge is 0.481 e. The van der Waals surface area contributed by atoms with Crippen LogP contribution >= 0.6 is 11.3 Å². The Morgan fingerprint density at radius 1 is 1.15 bits per heavy atom. The van der Waals surface area contributed by atoms with E-state index in [4.69, 9.17) is 0 Å². The average Bonchev–Trinajstić information content (AvgIpc) is 2.97. The fraction of sp³-hybridized carbons (Fsp3) is 0.381. The number of hydrogen-bond donors (Lipinski definition) is 2. The van der Waals surface area contributed by atoms with E-state index < -0.39 is 17.8 Å². The number of benzene rings is 1. The SMILES string of the molecule is Cc1ccc(-c2c(C)sc(NC(=O)C3CCCCC3C(=O)O)c2C#N)cc1. The summed E-state index contributed by atoms with van der Waals surface area (Å²) in [6.07, 6.45) is 2.78. The standard InChI is InChI=1S/C21H22N2O3S/c1-12-7-9-14(10-8-12)18-13(2)27-20(17(18)11-22)23-19(24)15-5-3-4-6-16(15)21(25)26/h7-10,15-16H,3-6H2,1-2H3,(H,23,24)(H,25,26). The van der Waals surface area contributed by atoms with E-state index in [2.05, 4.69) is 11.4 Å². The van der Waals surface area contributed by atoms with Crippen molar-refractivity contribution in [2.75, 3.05) is 5.32 Å². The molecule has 3 rings (SSSR count). The van der Waals surface area contributed by atoms with E-state index in [9.17, 15) is 20.0 Å². The van der Waals surface area contributed by atoms with E-state index in [1.807, 2.05) is 38.1 Å². The highest BCUT2D eigenvalue weighted by Gasteiger charge is 2.36. The number of nitrogens with zero attached hydrogens (tertiary/aromatic N) is 1. The Bertz CT molecular complexity index is 909. The van der Waals surface area contributed by atoms with Gasteiger partial charge in [-0.2, -0.15) is 5.26 Å². The molecule has 1 aromatic carbocycles. The van der Waals surface area contributed by atoms with Gasteiger partial charge in [0.25, 0.3) is 0 Å². The second kappa shape index (κ2) is 7.93. The number of carbonyl (C=O) groups excluding carboxylic acids is 1. The number of nitrogens with one attached hydrogen (secondary N) is 1. The number of carbonyl (C=O) groups is 2. The molecule has 1 heterocycles. The van der Waals surface area contributed by atoms with Crippen LogP contribution in [0, 0.1) is 37.0 Å². The van der Waals surface area contributed by atoms with E-state index in [0.717, 1.165) is 34.4 Å². The average molecular weight is 382 g/mol. The molecule has 0 saturated heterocycles. The molecule has 0 radical (unpaired) electrons. The minimum Gasteiger partial charge on any atom is -0.481 e. The van der Waals surface area contributed by atoms with Crippen LogP contribution in [0.5, 0.6) is 0 Å². The van der Waals surface area contributed by atoms with Crippen molar-refractivity contribution < 1.29 is 14.7 Å². The Balaban J connectivity index is 1.90. The molecule has 0 bridgehead atoms. The molecule has 6 heteroatoms. The summed E-state index contributed by atoms with van der Waals surface area (Å²) in [5.41, 5.74) is 3.34. The molecule has 0 aliphatic heterocycles. The van der Waals surface area contributed by atoms with E-state index in [1.165, 1.54) is 11.3 Å². The molecule has 140 valence electrons. The van der Waals surface area contributed by atoms with Gasteiger partial charge in [-0.25, -0.2) is 0 Å².